The highest BCUT2D eigenvalue weighted by atomic mass is 127. The van der Waals surface area contributed by atoms with Crippen molar-refractivity contribution in [1.29, 1.82) is 0 Å². The largest absolute Gasteiger partial charge is 0.368 e. The van der Waals surface area contributed by atoms with Crippen LogP contribution in [0.5, 0.6) is 0 Å². The van der Waals surface area contributed by atoms with Gasteiger partial charge < -0.3 is 10.6 Å². The van der Waals surface area contributed by atoms with Crippen molar-refractivity contribution in [1.82, 2.24) is 4.90 Å². The van der Waals surface area contributed by atoms with Crippen LogP contribution in [0.25, 0.3) is 0 Å². The van der Waals surface area contributed by atoms with Crippen LogP contribution in [0.3, 0.4) is 0 Å². The van der Waals surface area contributed by atoms with Crippen LogP contribution in [-0.2, 0) is 4.79 Å². The molecule has 1 saturated carbocycles. The van der Waals surface area contributed by atoms with E-state index in [2.05, 4.69) is 22.6 Å². The minimum absolute atomic E-state index is 0.0673. The fourth-order valence-electron chi connectivity index (χ4n) is 2.77. The molecule has 18 heavy (non-hydrogen) atoms. The highest BCUT2D eigenvalue weighted by Gasteiger charge is 2.55. The lowest BCUT2D eigenvalue weighted by atomic mass is 10.1. The van der Waals surface area contributed by atoms with Gasteiger partial charge in [-0.25, -0.2) is 0 Å². The first-order valence-electron chi connectivity index (χ1n) is 5.95. The lowest BCUT2D eigenvalue weighted by molar-refractivity contribution is -0.122. The predicted octanol–water partition coefficient (Wildman–Crippen LogP) is 1.38. The SMILES string of the molecule is NC(=O)C1CC2CC2N1C(=O)c1cccc(I)c1. The number of fused-ring (bicyclic) bond motifs is 1. The van der Waals surface area contributed by atoms with E-state index < -0.39 is 6.04 Å². The van der Waals surface area contributed by atoms with Gasteiger partial charge in [0.25, 0.3) is 5.91 Å². The molecule has 1 aromatic rings. The fourth-order valence-corrected chi connectivity index (χ4v) is 3.32. The zero-order chi connectivity index (χ0) is 12.9. The van der Waals surface area contributed by atoms with Crippen molar-refractivity contribution in [3.8, 4) is 0 Å². The Morgan fingerprint density at radius 1 is 1.33 bits per heavy atom. The Labute approximate surface area is 119 Å². The summed E-state index contributed by atoms with van der Waals surface area (Å²) in [5, 5.41) is 0. The molecular weight excluding hydrogens is 343 g/mol. The van der Waals surface area contributed by atoms with Gasteiger partial charge in [-0.1, -0.05) is 6.07 Å². The molecule has 2 amide bonds. The molecule has 4 nitrogen and oxygen atoms in total. The van der Waals surface area contributed by atoms with E-state index in [1.807, 2.05) is 18.2 Å². The molecule has 1 heterocycles. The quantitative estimate of drug-likeness (QED) is 0.814. The molecule has 2 N–H and O–H groups in total. The summed E-state index contributed by atoms with van der Waals surface area (Å²) in [5.74, 6) is 0.0257. The van der Waals surface area contributed by atoms with Gasteiger partial charge >= 0.3 is 0 Å². The van der Waals surface area contributed by atoms with Crippen molar-refractivity contribution in [3.63, 3.8) is 0 Å². The molecule has 0 aromatic heterocycles. The number of carbonyl (C=O) groups is 2. The first-order chi connectivity index (χ1) is 8.58. The maximum atomic E-state index is 12.5. The normalized spacial score (nSPS) is 28.9. The highest BCUT2D eigenvalue weighted by molar-refractivity contribution is 14.1. The third-order valence-corrected chi connectivity index (χ3v) is 4.41. The molecule has 3 atom stereocenters. The van der Waals surface area contributed by atoms with Crippen molar-refractivity contribution >= 4 is 34.4 Å². The molecule has 1 saturated heterocycles. The number of halogens is 1. The van der Waals surface area contributed by atoms with Crippen molar-refractivity contribution in [2.24, 2.45) is 11.7 Å². The van der Waals surface area contributed by atoms with E-state index in [0.717, 1.165) is 16.4 Å². The number of hydrogen-bond donors (Lipinski definition) is 1. The summed E-state index contributed by atoms with van der Waals surface area (Å²) in [6.07, 6.45) is 1.75. The van der Waals surface area contributed by atoms with Gasteiger partial charge in [-0.05, 0) is 59.5 Å². The molecule has 1 aromatic carbocycles. The third-order valence-electron chi connectivity index (χ3n) is 3.74. The van der Waals surface area contributed by atoms with E-state index >= 15 is 0 Å². The Morgan fingerprint density at radius 3 is 2.78 bits per heavy atom. The van der Waals surface area contributed by atoms with Gasteiger partial charge in [-0.3, -0.25) is 9.59 Å². The highest BCUT2D eigenvalue weighted by Crippen LogP contribution is 2.48. The van der Waals surface area contributed by atoms with Crippen LogP contribution in [0.4, 0.5) is 0 Å². The summed E-state index contributed by atoms with van der Waals surface area (Å²) in [6, 6.07) is 7.24. The average Bonchev–Trinajstić information content (AvgIpc) is 2.99. The van der Waals surface area contributed by atoms with E-state index in [9.17, 15) is 9.59 Å². The van der Waals surface area contributed by atoms with E-state index in [4.69, 9.17) is 5.73 Å². The molecule has 2 fully saturated rings. The summed E-state index contributed by atoms with van der Waals surface area (Å²) in [6.45, 7) is 0. The number of benzene rings is 1. The Kier molecular flexibility index (Phi) is 2.80. The minimum Gasteiger partial charge on any atom is -0.368 e. The smallest absolute Gasteiger partial charge is 0.254 e. The van der Waals surface area contributed by atoms with Gasteiger partial charge in [0, 0.05) is 15.2 Å². The summed E-state index contributed by atoms with van der Waals surface area (Å²) >= 11 is 2.17. The Hall–Kier alpha value is -1.11. The Balaban J connectivity index is 1.89. The van der Waals surface area contributed by atoms with Gasteiger partial charge in [0.2, 0.25) is 5.91 Å². The standard InChI is InChI=1S/C13H13IN2O2/c14-9-3-1-2-7(4-9)13(18)16-10-5-8(10)6-11(16)12(15)17/h1-4,8,10-11H,5-6H2,(H2,15,17). The monoisotopic (exact) mass is 356 g/mol. The van der Waals surface area contributed by atoms with Crippen LogP contribution in [-0.4, -0.2) is 28.8 Å². The van der Waals surface area contributed by atoms with Crippen LogP contribution in [0.2, 0.25) is 0 Å². The summed E-state index contributed by atoms with van der Waals surface area (Å²) in [5.41, 5.74) is 6.02. The van der Waals surface area contributed by atoms with Gasteiger partial charge in [0.15, 0.2) is 0 Å². The number of rotatable bonds is 2. The van der Waals surface area contributed by atoms with Gasteiger partial charge in [0.05, 0.1) is 0 Å². The lowest BCUT2D eigenvalue weighted by Gasteiger charge is -2.25. The number of piperidine rings is 1. The molecule has 94 valence electrons. The number of hydrogen-bond acceptors (Lipinski definition) is 2. The zero-order valence-electron chi connectivity index (χ0n) is 9.67. The second-order valence-corrected chi connectivity index (χ2v) is 6.19. The van der Waals surface area contributed by atoms with Crippen LogP contribution in [0, 0.1) is 9.49 Å². The van der Waals surface area contributed by atoms with E-state index in [1.165, 1.54) is 0 Å². The Morgan fingerprint density at radius 2 is 2.11 bits per heavy atom. The number of carbonyl (C=O) groups excluding carboxylic acids is 2. The lowest BCUT2D eigenvalue weighted by Crippen LogP contribution is -2.46. The number of nitrogens with zero attached hydrogens (tertiary/aromatic N) is 1. The van der Waals surface area contributed by atoms with Crippen LogP contribution >= 0.6 is 22.6 Å². The van der Waals surface area contributed by atoms with Crippen LogP contribution in [0.1, 0.15) is 23.2 Å². The van der Waals surface area contributed by atoms with Gasteiger partial charge in [-0.15, -0.1) is 0 Å². The predicted molar refractivity (Wildman–Crippen MR) is 74.8 cm³/mol. The van der Waals surface area contributed by atoms with E-state index in [1.54, 1.807) is 11.0 Å². The number of likely N-dealkylation sites (tertiary alicyclic amines) is 1. The molecule has 0 bridgehead atoms. The maximum absolute atomic E-state index is 12.5. The summed E-state index contributed by atoms with van der Waals surface area (Å²) in [7, 11) is 0. The molecule has 1 aliphatic heterocycles. The van der Waals surface area contributed by atoms with E-state index in [0.29, 0.717) is 11.5 Å². The summed E-state index contributed by atoms with van der Waals surface area (Å²) in [4.78, 5) is 25.6. The summed E-state index contributed by atoms with van der Waals surface area (Å²) < 4.78 is 1.01. The average molecular weight is 356 g/mol. The molecule has 5 heteroatoms. The topological polar surface area (TPSA) is 63.4 Å². The molecule has 3 unspecified atom stereocenters. The van der Waals surface area contributed by atoms with Crippen LogP contribution in [0.15, 0.2) is 24.3 Å². The second kappa shape index (κ2) is 4.22. The van der Waals surface area contributed by atoms with Crippen molar-refractivity contribution < 1.29 is 9.59 Å². The van der Waals surface area contributed by atoms with Gasteiger partial charge in [-0.2, -0.15) is 0 Å². The molecule has 0 radical (unpaired) electrons. The van der Waals surface area contributed by atoms with Crippen molar-refractivity contribution in [2.75, 3.05) is 0 Å². The molecule has 1 aliphatic carbocycles. The first kappa shape index (κ1) is 12.0. The Bertz CT molecular complexity index is 531. The maximum Gasteiger partial charge on any atom is 0.254 e. The molecular formula is C13H13IN2O2. The first-order valence-corrected chi connectivity index (χ1v) is 7.03. The van der Waals surface area contributed by atoms with Crippen LogP contribution < -0.4 is 5.73 Å². The number of primary amides is 1. The van der Waals surface area contributed by atoms with Crippen molar-refractivity contribution in [3.05, 3.63) is 33.4 Å². The van der Waals surface area contributed by atoms with Crippen molar-refractivity contribution in [2.45, 2.75) is 24.9 Å². The second-order valence-electron chi connectivity index (χ2n) is 4.94. The molecule has 3 rings (SSSR count). The third kappa shape index (κ3) is 1.90. The fraction of sp³-hybridized carbons (Fsp3) is 0.385. The van der Waals surface area contributed by atoms with E-state index in [-0.39, 0.29) is 17.9 Å². The number of amides is 2. The zero-order valence-corrected chi connectivity index (χ0v) is 11.8. The molecule has 2 aliphatic rings. The molecule has 0 spiro atoms. The van der Waals surface area contributed by atoms with Gasteiger partial charge in [0.1, 0.15) is 6.04 Å². The minimum atomic E-state index is -0.417. The number of nitrogens with two attached hydrogens (primary N) is 1.